The Labute approximate surface area is 352 Å². The van der Waals surface area contributed by atoms with Gasteiger partial charge in [0.1, 0.15) is 0 Å². The van der Waals surface area contributed by atoms with E-state index in [4.69, 9.17) is 11.6 Å². The highest BCUT2D eigenvalue weighted by Crippen LogP contribution is 2.22. The number of fused-ring (bicyclic) bond motifs is 3. The van der Waals surface area contributed by atoms with Crippen LogP contribution in [0.2, 0.25) is 0 Å². The second-order valence-corrected chi connectivity index (χ2v) is 14.8. The lowest BCUT2D eigenvalue weighted by atomic mass is 9.99. The number of hydrogen-bond acceptors (Lipinski definition) is 2. The van der Waals surface area contributed by atoms with Crippen molar-refractivity contribution in [1.29, 1.82) is 0 Å². The van der Waals surface area contributed by atoms with Crippen molar-refractivity contribution in [1.82, 2.24) is 24.5 Å². The molecule has 0 saturated heterocycles. The maximum Gasteiger partial charge on any atom is 0.0949 e. The standard InChI is InChI=1S/C19H17N3.C16H14ClN.C16H15NO.CH4.H2/c1-2-4-18(13-22-10-9-20-14-22)16(3-1)11-15-5-6-19-17(12-15)7-8-21-19;17-11-15-4-2-1-3-13(15)9-12-5-6-16-14(10-12)7-8-18-16;18-11-15-4-2-1-3-13(15)9-12-5-6-16-14(10-12)7-8-17-16;;/h1-10,12,14,21H,11,13H2;1-8,10,18H,9,11H2;1-8,10,17-18H,9,11H2;1H4;1H/i;;;;1+1. The van der Waals surface area contributed by atoms with E-state index in [9.17, 15) is 5.11 Å². The zero-order chi connectivity index (χ0) is 39.5. The Kier molecular flexibility index (Phi) is 13.6. The van der Waals surface area contributed by atoms with Crippen molar-refractivity contribution in [2.75, 3.05) is 0 Å². The van der Waals surface area contributed by atoms with Gasteiger partial charge in [0.25, 0.3) is 0 Å². The first-order valence-electron chi connectivity index (χ1n) is 19.6. The third kappa shape index (κ3) is 10.3. The zero-order valence-electron chi connectivity index (χ0n) is 32.3. The second-order valence-electron chi connectivity index (χ2n) is 14.6. The van der Waals surface area contributed by atoms with Crippen LogP contribution in [0.3, 0.4) is 0 Å². The number of aliphatic hydroxyl groups is 1. The fourth-order valence-electron chi connectivity index (χ4n) is 7.50. The lowest BCUT2D eigenvalue weighted by Gasteiger charge is -2.10. The maximum absolute atomic E-state index is 9.33. The van der Waals surface area contributed by atoms with E-state index < -0.39 is 0 Å². The Morgan fingerprint density at radius 3 is 1.34 bits per heavy atom. The minimum atomic E-state index is 0. The van der Waals surface area contributed by atoms with Crippen LogP contribution >= 0.6 is 11.6 Å². The average Bonchev–Trinajstić information content (AvgIpc) is 4.11. The van der Waals surface area contributed by atoms with E-state index in [1.807, 2.05) is 61.6 Å². The topological polar surface area (TPSA) is 85.4 Å². The summed E-state index contributed by atoms with van der Waals surface area (Å²) in [6.45, 7) is 0.963. The SMILES string of the molecule is C.ClCc1ccccc1Cc1ccc2[nH]ccc2c1.OCc1ccccc1Cc1ccc2[nH]ccc2c1.[2HH].c1ccc(Cn2ccnc2)c(Cc2ccc3[nH]ccc3c2)c1. The summed E-state index contributed by atoms with van der Waals surface area (Å²) < 4.78 is 2.11. The molecule has 4 heterocycles. The average molecular weight is 799 g/mol. The molecule has 0 aliphatic heterocycles. The van der Waals surface area contributed by atoms with Gasteiger partial charge in [-0.2, -0.15) is 0 Å². The Hall–Kier alpha value is -6.60. The first-order valence-corrected chi connectivity index (χ1v) is 20.2. The largest absolute Gasteiger partial charge is 0.392 e. The quantitative estimate of drug-likeness (QED) is 0.104. The van der Waals surface area contributed by atoms with E-state index in [-0.39, 0.29) is 15.5 Å². The number of halogens is 1. The highest BCUT2D eigenvalue weighted by Gasteiger charge is 2.07. The fourth-order valence-corrected chi connectivity index (χ4v) is 7.76. The summed E-state index contributed by atoms with van der Waals surface area (Å²) in [5.41, 5.74) is 14.9. The maximum atomic E-state index is 9.33. The number of aromatic nitrogens is 5. The number of H-pyrrole nitrogens is 3. The van der Waals surface area contributed by atoms with Gasteiger partial charge in [-0.05, 0) is 140 Å². The van der Waals surface area contributed by atoms with Gasteiger partial charge in [0, 0.05) is 61.4 Å². The van der Waals surface area contributed by atoms with Crippen molar-refractivity contribution >= 4 is 44.3 Å². The van der Waals surface area contributed by atoms with Gasteiger partial charge < -0.3 is 24.6 Å². The summed E-state index contributed by atoms with van der Waals surface area (Å²) in [6.07, 6.45) is 14.3. The van der Waals surface area contributed by atoms with Crippen molar-refractivity contribution in [3.05, 3.63) is 233 Å². The van der Waals surface area contributed by atoms with Crippen molar-refractivity contribution in [2.24, 2.45) is 0 Å². The van der Waals surface area contributed by atoms with Crippen molar-refractivity contribution in [3.63, 3.8) is 0 Å². The van der Waals surface area contributed by atoms with Crippen molar-refractivity contribution < 1.29 is 6.53 Å². The van der Waals surface area contributed by atoms with Crippen LogP contribution in [0, 0.1) is 0 Å². The molecular weight excluding hydrogens is 746 g/mol. The number of rotatable bonds is 10. The molecule has 10 rings (SSSR count). The molecule has 6 aromatic carbocycles. The van der Waals surface area contributed by atoms with Crippen LogP contribution in [0.25, 0.3) is 32.7 Å². The molecule has 10 aromatic rings. The van der Waals surface area contributed by atoms with Gasteiger partial charge in [-0.3, -0.25) is 0 Å². The minimum absolute atomic E-state index is 0. The molecule has 0 saturated carbocycles. The summed E-state index contributed by atoms with van der Waals surface area (Å²) in [5, 5.41) is 13.1. The molecule has 0 bridgehead atoms. The molecule has 0 amide bonds. The lowest BCUT2D eigenvalue weighted by Crippen LogP contribution is -2.01. The number of nitrogens with zero attached hydrogens (tertiary/aromatic N) is 2. The fraction of sp³-hybridized carbons (Fsp3) is 0.135. The first kappa shape index (κ1) is 40.6. The summed E-state index contributed by atoms with van der Waals surface area (Å²) in [4.78, 5) is 13.8. The predicted molar refractivity (Wildman–Crippen MR) is 248 cm³/mol. The molecule has 0 atom stereocenters. The monoisotopic (exact) mass is 798 g/mol. The van der Waals surface area contributed by atoms with Gasteiger partial charge >= 0.3 is 0 Å². The van der Waals surface area contributed by atoms with Crippen LogP contribution in [0.15, 0.2) is 183 Å². The van der Waals surface area contributed by atoms with Crippen LogP contribution in [0.5, 0.6) is 0 Å². The van der Waals surface area contributed by atoms with Crippen LogP contribution in [0.4, 0.5) is 0 Å². The number of nitrogens with one attached hydrogen (secondary N) is 3. The summed E-state index contributed by atoms with van der Waals surface area (Å²) in [5.74, 6) is 0.572. The molecule has 0 aliphatic carbocycles. The summed E-state index contributed by atoms with van der Waals surface area (Å²) in [7, 11) is 0. The number of aliphatic hydroxyl groups excluding tert-OH is 1. The van der Waals surface area contributed by atoms with Gasteiger partial charge in [0.15, 0.2) is 0 Å². The van der Waals surface area contributed by atoms with E-state index in [2.05, 4.69) is 146 Å². The Balaban J connectivity index is 0.000000150. The Morgan fingerprint density at radius 2 is 0.915 bits per heavy atom. The van der Waals surface area contributed by atoms with Crippen molar-refractivity contribution in [2.45, 2.75) is 45.7 Å². The van der Waals surface area contributed by atoms with Gasteiger partial charge in [0.2, 0.25) is 0 Å². The number of alkyl halides is 1. The third-order valence-electron chi connectivity index (χ3n) is 10.6. The predicted octanol–water partition coefficient (Wildman–Crippen LogP) is 12.6. The van der Waals surface area contributed by atoms with Crippen LogP contribution in [-0.4, -0.2) is 29.6 Å². The van der Waals surface area contributed by atoms with E-state index >= 15 is 0 Å². The van der Waals surface area contributed by atoms with E-state index in [0.29, 0.717) is 5.88 Å². The molecule has 0 aliphatic rings. The molecule has 298 valence electrons. The van der Waals surface area contributed by atoms with Gasteiger partial charge in [-0.15, -0.1) is 11.6 Å². The molecule has 7 heteroatoms. The normalized spacial score (nSPS) is 10.8. The lowest BCUT2D eigenvalue weighted by molar-refractivity contribution is 0.281. The minimum Gasteiger partial charge on any atom is -0.392 e. The first-order chi connectivity index (χ1) is 28.6. The number of imidazole rings is 1. The molecular formula is C52H52ClN5O. The van der Waals surface area contributed by atoms with Crippen LogP contribution < -0.4 is 0 Å². The van der Waals surface area contributed by atoms with Gasteiger partial charge in [0.05, 0.1) is 12.9 Å². The summed E-state index contributed by atoms with van der Waals surface area (Å²) >= 11 is 5.97. The molecule has 4 N–H and O–H groups in total. The van der Waals surface area contributed by atoms with E-state index in [1.54, 1.807) is 0 Å². The molecule has 0 spiro atoms. The molecule has 0 fully saturated rings. The number of aromatic amines is 3. The van der Waals surface area contributed by atoms with E-state index in [0.717, 1.165) is 36.9 Å². The highest BCUT2D eigenvalue weighted by molar-refractivity contribution is 6.17. The van der Waals surface area contributed by atoms with Crippen LogP contribution in [-0.2, 0) is 38.3 Å². The number of hydrogen-bond donors (Lipinski definition) is 4. The van der Waals surface area contributed by atoms with Crippen molar-refractivity contribution in [3.8, 4) is 0 Å². The number of benzene rings is 6. The molecule has 59 heavy (non-hydrogen) atoms. The summed E-state index contributed by atoms with van der Waals surface area (Å²) in [6, 6.07) is 50.9. The molecule has 0 radical (unpaired) electrons. The highest BCUT2D eigenvalue weighted by atomic mass is 35.5. The Morgan fingerprint density at radius 1 is 0.508 bits per heavy atom. The van der Waals surface area contributed by atoms with Gasteiger partial charge in [-0.1, -0.05) is 98.4 Å². The molecule has 4 aromatic heterocycles. The smallest absolute Gasteiger partial charge is 0.0949 e. The third-order valence-corrected chi connectivity index (χ3v) is 10.9. The van der Waals surface area contributed by atoms with Crippen LogP contribution in [0.1, 0.15) is 58.9 Å². The molecule has 6 nitrogen and oxygen atoms in total. The molecule has 0 unspecified atom stereocenters. The van der Waals surface area contributed by atoms with Gasteiger partial charge in [-0.25, -0.2) is 4.98 Å². The second kappa shape index (κ2) is 19.7. The van der Waals surface area contributed by atoms with E-state index in [1.165, 1.54) is 71.7 Å². The zero-order valence-corrected chi connectivity index (χ0v) is 33.0. The Bertz CT molecular complexity index is 2730.